The SMILES string of the molecule is CC1C=Cc2c(sc3c4c(ccc23)C(c2ccccc2)(c2ccccc2)c2ccccc2-4)C1N(C1=CC=C(c2cccc3c2sc2ccccc23)CC1)c1ccc(-c2ccccc2)cc1. The van der Waals surface area contributed by atoms with Crippen molar-refractivity contribution in [1.82, 2.24) is 0 Å². The summed E-state index contributed by atoms with van der Waals surface area (Å²) in [6.07, 6.45) is 11.7. The van der Waals surface area contributed by atoms with E-state index in [0.29, 0.717) is 0 Å². The molecule has 2 unspecified atom stereocenters. The van der Waals surface area contributed by atoms with Gasteiger partial charge in [-0.1, -0.05) is 201 Å². The van der Waals surface area contributed by atoms with Gasteiger partial charge in [0.1, 0.15) is 0 Å². The summed E-state index contributed by atoms with van der Waals surface area (Å²) in [7, 11) is 0. The molecule has 1 nitrogen and oxygen atoms in total. The van der Waals surface area contributed by atoms with Gasteiger partial charge in [-0.2, -0.15) is 0 Å². The van der Waals surface area contributed by atoms with Crippen LogP contribution in [-0.4, -0.2) is 0 Å². The number of fused-ring (bicyclic) bond motifs is 10. The van der Waals surface area contributed by atoms with Crippen LogP contribution in [0.15, 0.2) is 218 Å². The fraction of sp³-hybridized carbons (Fsp3) is 0.0968. The molecule has 65 heavy (non-hydrogen) atoms. The Morgan fingerprint density at radius 1 is 0.508 bits per heavy atom. The average molecular weight is 868 g/mol. The largest absolute Gasteiger partial charge is 0.336 e. The molecule has 0 bridgehead atoms. The average Bonchev–Trinajstić information content (AvgIpc) is 4.05. The molecule has 3 aliphatic carbocycles. The molecule has 3 heteroatoms. The molecule has 310 valence electrons. The van der Waals surface area contributed by atoms with Crippen LogP contribution in [0, 0.1) is 5.92 Å². The van der Waals surface area contributed by atoms with Crippen LogP contribution in [0.4, 0.5) is 5.69 Å². The van der Waals surface area contributed by atoms with E-state index in [1.54, 1.807) is 0 Å². The quantitative estimate of drug-likeness (QED) is 0.154. The van der Waals surface area contributed by atoms with Crippen LogP contribution in [0.2, 0.25) is 0 Å². The number of hydrogen-bond acceptors (Lipinski definition) is 3. The van der Waals surface area contributed by atoms with Crippen molar-refractivity contribution in [3.8, 4) is 22.3 Å². The number of anilines is 1. The van der Waals surface area contributed by atoms with Crippen LogP contribution in [0.3, 0.4) is 0 Å². The maximum Gasteiger partial charge on any atom is 0.0747 e. The first-order chi connectivity index (χ1) is 32.2. The second-order valence-electron chi connectivity index (χ2n) is 17.8. The Kier molecular flexibility index (Phi) is 9.05. The smallest absolute Gasteiger partial charge is 0.0747 e. The zero-order valence-electron chi connectivity index (χ0n) is 36.1. The molecule has 0 saturated heterocycles. The van der Waals surface area contributed by atoms with E-state index in [2.05, 4.69) is 230 Å². The first kappa shape index (κ1) is 38.4. The highest BCUT2D eigenvalue weighted by atomic mass is 32.1. The molecule has 0 fully saturated rings. The molecule has 2 aromatic heterocycles. The van der Waals surface area contributed by atoms with E-state index in [1.807, 2.05) is 22.7 Å². The topological polar surface area (TPSA) is 3.24 Å². The molecule has 13 rings (SSSR count). The zero-order valence-corrected chi connectivity index (χ0v) is 37.8. The molecule has 3 aliphatic rings. The van der Waals surface area contributed by atoms with Crippen molar-refractivity contribution >= 4 is 70.3 Å². The van der Waals surface area contributed by atoms with Gasteiger partial charge in [0.05, 0.1) is 11.5 Å². The molecule has 2 heterocycles. The van der Waals surface area contributed by atoms with Gasteiger partial charge in [-0.3, -0.25) is 0 Å². The molecule has 0 radical (unpaired) electrons. The number of nitrogens with zero attached hydrogens (tertiary/aromatic N) is 1. The highest BCUT2D eigenvalue weighted by Gasteiger charge is 2.47. The van der Waals surface area contributed by atoms with Gasteiger partial charge in [-0.05, 0) is 92.8 Å². The van der Waals surface area contributed by atoms with Crippen molar-refractivity contribution in [3.05, 3.63) is 256 Å². The fourth-order valence-electron chi connectivity index (χ4n) is 11.5. The maximum absolute atomic E-state index is 2.71. The third-order valence-electron chi connectivity index (χ3n) is 14.4. The van der Waals surface area contributed by atoms with Gasteiger partial charge >= 0.3 is 0 Å². The minimum atomic E-state index is -0.431. The summed E-state index contributed by atoms with van der Waals surface area (Å²) in [6.45, 7) is 2.42. The van der Waals surface area contributed by atoms with E-state index in [4.69, 9.17) is 0 Å². The van der Waals surface area contributed by atoms with Gasteiger partial charge < -0.3 is 4.90 Å². The second kappa shape index (κ2) is 15.3. The Bertz CT molecular complexity index is 3510. The van der Waals surface area contributed by atoms with Gasteiger partial charge in [0.25, 0.3) is 0 Å². The number of hydrogen-bond donors (Lipinski definition) is 0. The summed E-state index contributed by atoms with van der Waals surface area (Å²) in [5, 5.41) is 4.06. The summed E-state index contributed by atoms with van der Waals surface area (Å²) in [6, 6.07) is 72.4. The standard InChI is InChI=1S/C62H45NS2/c1-40-28-37-52-51-38-39-55-57(53-23-11-13-26-54(53)62(55,44-18-7-3-8-19-44)45-20-9-4-10-21-45)60(51)65-61(52)58(40)63(46-33-29-42(30-34-46)41-16-5-2-6-17-41)47-35-31-43(32-36-47)48-24-15-25-50-49-22-12-14-27-56(49)64-59(48)50/h2-31,33-35,37-40,58H,32,36H2,1H3. The van der Waals surface area contributed by atoms with Crippen LogP contribution in [0.5, 0.6) is 0 Å². The fourth-order valence-corrected chi connectivity index (χ4v) is 14.3. The van der Waals surface area contributed by atoms with Crippen molar-refractivity contribution in [2.75, 3.05) is 4.90 Å². The first-order valence-electron chi connectivity index (χ1n) is 22.9. The minimum Gasteiger partial charge on any atom is -0.336 e. The summed E-state index contributed by atoms with van der Waals surface area (Å²) >= 11 is 3.95. The molecule has 0 aliphatic heterocycles. The summed E-state index contributed by atoms with van der Waals surface area (Å²) in [5.41, 5.74) is 16.8. The lowest BCUT2D eigenvalue weighted by atomic mass is 9.67. The van der Waals surface area contributed by atoms with Crippen molar-refractivity contribution in [3.63, 3.8) is 0 Å². The van der Waals surface area contributed by atoms with Crippen LogP contribution in [0.25, 0.3) is 64.2 Å². The Hall–Kier alpha value is -7.04. The van der Waals surface area contributed by atoms with Gasteiger partial charge in [0.2, 0.25) is 0 Å². The van der Waals surface area contributed by atoms with E-state index >= 15 is 0 Å². The molecule has 0 amide bonds. The van der Waals surface area contributed by atoms with E-state index in [9.17, 15) is 0 Å². The maximum atomic E-state index is 2.71. The van der Waals surface area contributed by atoms with Crippen LogP contribution in [-0.2, 0) is 5.41 Å². The van der Waals surface area contributed by atoms with Crippen molar-refractivity contribution in [1.29, 1.82) is 0 Å². The molecule has 0 spiro atoms. The predicted octanol–water partition coefficient (Wildman–Crippen LogP) is 17.3. The van der Waals surface area contributed by atoms with Crippen molar-refractivity contribution in [2.45, 2.75) is 31.2 Å². The second-order valence-corrected chi connectivity index (χ2v) is 20.0. The number of benzene rings is 8. The monoisotopic (exact) mass is 867 g/mol. The molecule has 8 aromatic carbocycles. The van der Waals surface area contributed by atoms with Gasteiger partial charge in [0.15, 0.2) is 0 Å². The highest BCUT2D eigenvalue weighted by molar-refractivity contribution is 7.26. The summed E-state index contributed by atoms with van der Waals surface area (Å²) < 4.78 is 4.13. The lowest BCUT2D eigenvalue weighted by molar-refractivity contribution is 0.535. The van der Waals surface area contributed by atoms with Crippen LogP contribution < -0.4 is 4.90 Å². The Morgan fingerprint density at radius 3 is 1.92 bits per heavy atom. The number of allylic oxidation sites excluding steroid dienone is 4. The number of thiophene rings is 2. The van der Waals surface area contributed by atoms with Crippen LogP contribution >= 0.6 is 22.7 Å². The Labute approximate surface area is 388 Å². The van der Waals surface area contributed by atoms with Crippen LogP contribution in [0.1, 0.15) is 64.1 Å². The summed E-state index contributed by atoms with van der Waals surface area (Å²) in [4.78, 5) is 4.15. The molecule has 2 atom stereocenters. The van der Waals surface area contributed by atoms with Gasteiger partial charge in [-0.15, -0.1) is 22.7 Å². The molecule has 10 aromatic rings. The third kappa shape index (κ3) is 5.89. The van der Waals surface area contributed by atoms with E-state index in [1.165, 1.54) is 108 Å². The highest BCUT2D eigenvalue weighted by Crippen LogP contribution is 2.60. The Balaban J connectivity index is 0.994. The minimum absolute atomic E-state index is 0.113. The number of rotatable bonds is 7. The molecular formula is C62H45NS2. The molecular weight excluding hydrogens is 823 g/mol. The van der Waals surface area contributed by atoms with Gasteiger partial charge in [-0.25, -0.2) is 0 Å². The van der Waals surface area contributed by atoms with E-state index < -0.39 is 5.41 Å². The van der Waals surface area contributed by atoms with Gasteiger partial charge in [0, 0.05) is 58.0 Å². The first-order valence-corrected chi connectivity index (χ1v) is 24.5. The predicted molar refractivity (Wildman–Crippen MR) is 279 cm³/mol. The normalized spacial score (nSPS) is 17.1. The van der Waals surface area contributed by atoms with Crippen molar-refractivity contribution < 1.29 is 0 Å². The lowest BCUT2D eigenvalue weighted by Gasteiger charge is -2.40. The molecule has 0 saturated carbocycles. The zero-order chi connectivity index (χ0) is 43.1. The van der Waals surface area contributed by atoms with E-state index in [0.717, 1.165) is 12.8 Å². The molecule has 0 N–H and O–H groups in total. The third-order valence-corrected chi connectivity index (χ3v) is 16.9. The van der Waals surface area contributed by atoms with Crippen molar-refractivity contribution in [2.24, 2.45) is 5.92 Å². The summed E-state index contributed by atoms with van der Waals surface area (Å²) in [5.74, 6) is 0.274. The van der Waals surface area contributed by atoms with E-state index in [-0.39, 0.29) is 12.0 Å². The lowest BCUT2D eigenvalue weighted by Crippen LogP contribution is -2.33. The Morgan fingerprint density at radius 2 is 1.17 bits per heavy atom.